The van der Waals surface area contributed by atoms with Crippen LogP contribution >= 0.6 is 11.6 Å². The maximum Gasteiger partial charge on any atom is 0.271 e. The Kier molecular flexibility index (Phi) is 4.50. The van der Waals surface area contributed by atoms with Crippen molar-refractivity contribution in [2.45, 2.75) is 6.42 Å². The largest absolute Gasteiger partial charge is 0.493 e. The summed E-state index contributed by atoms with van der Waals surface area (Å²) in [5.41, 5.74) is 1.71. The molecule has 0 unspecified atom stereocenters. The van der Waals surface area contributed by atoms with Crippen molar-refractivity contribution >= 4 is 28.9 Å². The normalized spacial score (nSPS) is 12.7. The Hall–Kier alpha value is -2.80. The molecule has 0 saturated carbocycles. The predicted molar refractivity (Wildman–Crippen MR) is 93.0 cm³/mol. The number of benzene rings is 2. The van der Waals surface area contributed by atoms with Crippen LogP contribution in [0.15, 0.2) is 30.3 Å². The van der Waals surface area contributed by atoms with Gasteiger partial charge in [0.25, 0.3) is 11.6 Å². The molecule has 1 heterocycles. The summed E-state index contributed by atoms with van der Waals surface area (Å²) in [6, 6.07) is 7.59. The van der Waals surface area contributed by atoms with Crippen LogP contribution in [0.1, 0.15) is 15.9 Å². The monoisotopic (exact) mass is 362 g/mol. The van der Waals surface area contributed by atoms with Gasteiger partial charge in [0.05, 0.1) is 29.9 Å². The second-order valence-corrected chi connectivity index (χ2v) is 5.88. The molecule has 0 radical (unpaired) electrons. The highest BCUT2D eigenvalue weighted by Crippen LogP contribution is 2.38. The minimum Gasteiger partial charge on any atom is -0.493 e. The van der Waals surface area contributed by atoms with Crippen LogP contribution in [0.2, 0.25) is 5.02 Å². The number of non-ortho nitro benzene ring substituents is 1. The first-order valence-electron chi connectivity index (χ1n) is 7.47. The number of ether oxygens (including phenoxy) is 2. The molecule has 0 N–H and O–H groups in total. The molecular formula is C17H15ClN2O5. The van der Waals surface area contributed by atoms with Crippen LogP contribution in [0.3, 0.4) is 0 Å². The number of carbonyl (C=O) groups is 1. The number of nitro benzene ring substituents is 1. The number of nitro groups is 1. The molecule has 2 aromatic carbocycles. The Morgan fingerprint density at radius 3 is 2.64 bits per heavy atom. The summed E-state index contributed by atoms with van der Waals surface area (Å²) in [5, 5.41) is 11.3. The van der Waals surface area contributed by atoms with Crippen molar-refractivity contribution in [3.63, 3.8) is 0 Å². The van der Waals surface area contributed by atoms with Crippen molar-refractivity contribution in [2.75, 3.05) is 25.7 Å². The molecule has 1 aliphatic rings. The highest BCUT2D eigenvalue weighted by Gasteiger charge is 2.28. The molecule has 0 saturated heterocycles. The first-order valence-corrected chi connectivity index (χ1v) is 7.84. The highest BCUT2D eigenvalue weighted by atomic mass is 35.5. The van der Waals surface area contributed by atoms with Crippen LogP contribution in [-0.4, -0.2) is 31.6 Å². The van der Waals surface area contributed by atoms with Gasteiger partial charge in [-0.15, -0.1) is 0 Å². The van der Waals surface area contributed by atoms with Gasteiger partial charge in [0.15, 0.2) is 11.5 Å². The smallest absolute Gasteiger partial charge is 0.271 e. The molecule has 1 aliphatic heterocycles. The summed E-state index contributed by atoms with van der Waals surface area (Å²) in [6.45, 7) is 0.446. The van der Waals surface area contributed by atoms with E-state index in [1.54, 1.807) is 12.1 Å². The van der Waals surface area contributed by atoms with E-state index < -0.39 is 4.92 Å². The lowest BCUT2D eigenvalue weighted by molar-refractivity contribution is -0.384. The number of hydrogen-bond donors (Lipinski definition) is 0. The number of halogens is 1. The number of amides is 1. The SMILES string of the molecule is COc1cc(C(=O)N2CCc3ccc([N+](=O)[O-])cc32)cc(Cl)c1OC. The molecule has 3 rings (SSSR count). The summed E-state index contributed by atoms with van der Waals surface area (Å²) in [4.78, 5) is 24.9. The van der Waals surface area contributed by atoms with E-state index in [0.717, 1.165) is 5.56 Å². The van der Waals surface area contributed by atoms with Crippen LogP contribution in [0.4, 0.5) is 11.4 Å². The molecule has 130 valence electrons. The fourth-order valence-corrected chi connectivity index (χ4v) is 3.18. The fourth-order valence-electron chi connectivity index (χ4n) is 2.89. The number of methoxy groups -OCH3 is 2. The Bertz CT molecular complexity index is 868. The van der Waals surface area contributed by atoms with Crippen LogP contribution in [0.25, 0.3) is 0 Å². The van der Waals surface area contributed by atoms with E-state index in [1.165, 1.54) is 37.3 Å². The van der Waals surface area contributed by atoms with Crippen molar-refractivity contribution in [1.82, 2.24) is 0 Å². The van der Waals surface area contributed by atoms with E-state index in [4.69, 9.17) is 21.1 Å². The summed E-state index contributed by atoms with van der Waals surface area (Å²) >= 11 is 6.17. The summed E-state index contributed by atoms with van der Waals surface area (Å²) in [5.74, 6) is 0.386. The maximum absolute atomic E-state index is 12.9. The zero-order valence-electron chi connectivity index (χ0n) is 13.6. The van der Waals surface area contributed by atoms with Crippen LogP contribution in [0, 0.1) is 10.1 Å². The molecule has 0 bridgehead atoms. The molecule has 2 aromatic rings. The van der Waals surface area contributed by atoms with E-state index in [1.807, 2.05) is 0 Å². The summed E-state index contributed by atoms with van der Waals surface area (Å²) in [6.07, 6.45) is 0.639. The lowest BCUT2D eigenvalue weighted by atomic mass is 10.1. The van der Waals surface area contributed by atoms with E-state index in [-0.39, 0.29) is 16.6 Å². The average Bonchev–Trinajstić information content (AvgIpc) is 3.03. The van der Waals surface area contributed by atoms with Gasteiger partial charge in [0.1, 0.15) is 0 Å². The maximum atomic E-state index is 12.9. The highest BCUT2D eigenvalue weighted by molar-refractivity contribution is 6.32. The fraction of sp³-hybridized carbons (Fsp3) is 0.235. The van der Waals surface area contributed by atoms with Gasteiger partial charge in [-0.05, 0) is 24.1 Å². The zero-order chi connectivity index (χ0) is 18.1. The zero-order valence-corrected chi connectivity index (χ0v) is 14.4. The second-order valence-electron chi connectivity index (χ2n) is 5.47. The molecular weight excluding hydrogens is 348 g/mol. The molecule has 25 heavy (non-hydrogen) atoms. The molecule has 0 aliphatic carbocycles. The third kappa shape index (κ3) is 2.98. The van der Waals surface area contributed by atoms with Crippen LogP contribution in [0.5, 0.6) is 11.5 Å². The number of fused-ring (bicyclic) bond motifs is 1. The Labute approximate surface area is 148 Å². The third-order valence-corrected chi connectivity index (χ3v) is 4.38. The van der Waals surface area contributed by atoms with Crippen molar-refractivity contribution in [1.29, 1.82) is 0 Å². The van der Waals surface area contributed by atoms with E-state index >= 15 is 0 Å². The van der Waals surface area contributed by atoms with Gasteiger partial charge in [0.2, 0.25) is 0 Å². The van der Waals surface area contributed by atoms with Gasteiger partial charge in [0, 0.05) is 24.2 Å². The topological polar surface area (TPSA) is 81.9 Å². The van der Waals surface area contributed by atoms with E-state index in [0.29, 0.717) is 35.7 Å². The molecule has 7 nitrogen and oxygen atoms in total. The van der Waals surface area contributed by atoms with E-state index in [9.17, 15) is 14.9 Å². The van der Waals surface area contributed by atoms with Crippen molar-refractivity contribution < 1.29 is 19.2 Å². The number of rotatable bonds is 4. The lowest BCUT2D eigenvalue weighted by Gasteiger charge is -2.18. The average molecular weight is 363 g/mol. The van der Waals surface area contributed by atoms with Gasteiger partial charge >= 0.3 is 0 Å². The van der Waals surface area contributed by atoms with Crippen molar-refractivity contribution in [2.24, 2.45) is 0 Å². The minimum atomic E-state index is -0.478. The molecule has 0 aromatic heterocycles. The van der Waals surface area contributed by atoms with Gasteiger partial charge in [-0.3, -0.25) is 14.9 Å². The Balaban J connectivity index is 2.00. The third-order valence-electron chi connectivity index (χ3n) is 4.10. The van der Waals surface area contributed by atoms with Gasteiger partial charge in [-0.1, -0.05) is 17.7 Å². The Morgan fingerprint density at radius 1 is 1.24 bits per heavy atom. The molecule has 1 amide bonds. The van der Waals surface area contributed by atoms with Gasteiger partial charge < -0.3 is 14.4 Å². The van der Waals surface area contributed by atoms with Crippen LogP contribution < -0.4 is 14.4 Å². The van der Waals surface area contributed by atoms with Gasteiger partial charge in [-0.2, -0.15) is 0 Å². The predicted octanol–water partition coefficient (Wildman–Crippen LogP) is 3.47. The summed E-state index contributed by atoms with van der Waals surface area (Å²) in [7, 11) is 2.91. The second kappa shape index (κ2) is 6.60. The molecule has 0 atom stereocenters. The Morgan fingerprint density at radius 2 is 2.00 bits per heavy atom. The lowest BCUT2D eigenvalue weighted by Crippen LogP contribution is -2.29. The first-order chi connectivity index (χ1) is 12.0. The summed E-state index contributed by atoms with van der Waals surface area (Å²) < 4.78 is 10.4. The van der Waals surface area contributed by atoms with Crippen molar-refractivity contribution in [3.8, 4) is 11.5 Å². The quantitative estimate of drug-likeness (QED) is 0.614. The minimum absolute atomic E-state index is 0.0520. The number of nitrogens with zero attached hydrogens (tertiary/aromatic N) is 2. The molecule has 0 spiro atoms. The number of anilines is 1. The molecule has 0 fully saturated rings. The van der Waals surface area contributed by atoms with E-state index in [2.05, 4.69) is 0 Å². The standard InChI is InChI=1S/C17H15ClN2O5/c1-24-15-8-11(7-13(18)16(15)25-2)17(21)19-6-5-10-3-4-12(20(22)23)9-14(10)19/h3-4,7-9H,5-6H2,1-2H3. The first kappa shape index (κ1) is 17.0. The molecule has 8 heteroatoms. The van der Waals surface area contributed by atoms with Crippen molar-refractivity contribution in [3.05, 3.63) is 56.6 Å². The number of hydrogen-bond acceptors (Lipinski definition) is 5. The van der Waals surface area contributed by atoms with Gasteiger partial charge in [-0.25, -0.2) is 0 Å². The number of carbonyl (C=O) groups excluding carboxylic acids is 1. The van der Waals surface area contributed by atoms with Crippen LogP contribution in [-0.2, 0) is 6.42 Å².